The number of ether oxygens (including phenoxy) is 2. The quantitative estimate of drug-likeness (QED) is 0.798. The van der Waals surface area contributed by atoms with Crippen LogP contribution < -0.4 is 14.8 Å². The summed E-state index contributed by atoms with van der Waals surface area (Å²) in [6, 6.07) is 12.8. The molecule has 0 amide bonds. The van der Waals surface area contributed by atoms with Crippen LogP contribution in [0.4, 0.5) is 5.69 Å². The highest BCUT2D eigenvalue weighted by Gasteiger charge is 2.24. The first-order valence-corrected chi connectivity index (χ1v) is 8.96. The summed E-state index contributed by atoms with van der Waals surface area (Å²) >= 11 is 0. The van der Waals surface area contributed by atoms with Gasteiger partial charge in [-0.2, -0.15) is 0 Å². The summed E-state index contributed by atoms with van der Waals surface area (Å²) in [5.41, 5.74) is 4.95. The average Bonchev–Trinajstić information content (AvgIpc) is 2.65. The molecule has 0 aliphatic carbocycles. The van der Waals surface area contributed by atoms with Crippen molar-refractivity contribution in [1.82, 2.24) is 4.90 Å². The predicted octanol–water partition coefficient (Wildman–Crippen LogP) is 4.24. The van der Waals surface area contributed by atoms with E-state index in [1.54, 1.807) is 7.11 Å². The number of hydrogen-bond acceptors (Lipinski definition) is 4. The van der Waals surface area contributed by atoms with Gasteiger partial charge in [0.2, 0.25) is 0 Å². The molecule has 0 aromatic heterocycles. The fraction of sp³-hybridized carbons (Fsp3) is 0.429. The van der Waals surface area contributed by atoms with E-state index in [1.807, 2.05) is 6.07 Å². The summed E-state index contributed by atoms with van der Waals surface area (Å²) in [4.78, 5) is 2.23. The standard InChI is InChI=1S/C21H28N2O2/c1-5-23(3)14-22-20-13-21-19(11-15(20)2)18(9-10-25-21)16-7-6-8-17(12-16)24-4/h6-8,11-13,18,22H,5,9-10,14H2,1-4H3. The Morgan fingerprint density at radius 1 is 1.28 bits per heavy atom. The van der Waals surface area contributed by atoms with Crippen LogP contribution in [0.3, 0.4) is 0 Å². The third kappa shape index (κ3) is 3.90. The van der Waals surface area contributed by atoms with Gasteiger partial charge in [-0.05, 0) is 56.3 Å². The van der Waals surface area contributed by atoms with Crippen molar-refractivity contribution in [2.75, 3.05) is 39.3 Å². The summed E-state index contributed by atoms with van der Waals surface area (Å²) in [5, 5.41) is 3.51. The molecule has 1 aliphatic rings. The van der Waals surface area contributed by atoms with Crippen molar-refractivity contribution in [2.45, 2.75) is 26.2 Å². The van der Waals surface area contributed by atoms with Crippen LogP contribution in [0.5, 0.6) is 11.5 Å². The highest BCUT2D eigenvalue weighted by Crippen LogP contribution is 2.41. The minimum Gasteiger partial charge on any atom is -0.497 e. The van der Waals surface area contributed by atoms with Crippen molar-refractivity contribution in [2.24, 2.45) is 0 Å². The van der Waals surface area contributed by atoms with Gasteiger partial charge < -0.3 is 14.8 Å². The number of methoxy groups -OCH3 is 1. The minimum atomic E-state index is 0.352. The van der Waals surface area contributed by atoms with Gasteiger partial charge in [0, 0.05) is 23.2 Å². The van der Waals surface area contributed by atoms with Crippen molar-refractivity contribution in [3.63, 3.8) is 0 Å². The number of benzene rings is 2. The molecule has 1 atom stereocenters. The van der Waals surface area contributed by atoms with Gasteiger partial charge in [-0.3, -0.25) is 4.90 Å². The second-order valence-corrected chi connectivity index (χ2v) is 6.68. The molecular formula is C21H28N2O2. The molecule has 1 aliphatic heterocycles. The highest BCUT2D eigenvalue weighted by atomic mass is 16.5. The average molecular weight is 340 g/mol. The first kappa shape index (κ1) is 17.6. The van der Waals surface area contributed by atoms with Crippen LogP contribution in [-0.2, 0) is 0 Å². The van der Waals surface area contributed by atoms with E-state index in [1.165, 1.54) is 16.7 Å². The van der Waals surface area contributed by atoms with Crippen LogP contribution in [0, 0.1) is 6.92 Å². The first-order chi connectivity index (χ1) is 12.1. The van der Waals surface area contributed by atoms with E-state index in [2.05, 4.69) is 61.4 Å². The maximum Gasteiger partial charge on any atom is 0.125 e. The molecule has 0 fully saturated rings. The van der Waals surface area contributed by atoms with E-state index in [9.17, 15) is 0 Å². The molecule has 0 radical (unpaired) electrons. The number of fused-ring (bicyclic) bond motifs is 1. The summed E-state index contributed by atoms with van der Waals surface area (Å²) in [7, 11) is 3.82. The zero-order valence-corrected chi connectivity index (χ0v) is 15.6. The van der Waals surface area contributed by atoms with Gasteiger partial charge in [0.05, 0.1) is 20.4 Å². The van der Waals surface area contributed by atoms with Crippen LogP contribution in [0.15, 0.2) is 36.4 Å². The lowest BCUT2D eigenvalue weighted by molar-refractivity contribution is 0.276. The van der Waals surface area contributed by atoms with E-state index in [4.69, 9.17) is 9.47 Å². The Bertz CT molecular complexity index is 730. The number of rotatable bonds is 6. The molecule has 1 unspecified atom stereocenters. The monoisotopic (exact) mass is 340 g/mol. The lowest BCUT2D eigenvalue weighted by Gasteiger charge is -2.28. The molecule has 134 valence electrons. The molecule has 1 heterocycles. The van der Waals surface area contributed by atoms with E-state index in [0.717, 1.165) is 43.4 Å². The Kier molecular flexibility index (Phi) is 5.49. The first-order valence-electron chi connectivity index (χ1n) is 8.96. The van der Waals surface area contributed by atoms with Crippen molar-refractivity contribution in [3.8, 4) is 11.5 Å². The Balaban J connectivity index is 1.89. The molecule has 4 heteroatoms. The molecule has 0 spiro atoms. The van der Waals surface area contributed by atoms with Gasteiger partial charge in [-0.15, -0.1) is 0 Å². The second kappa shape index (κ2) is 7.79. The molecular weight excluding hydrogens is 312 g/mol. The summed E-state index contributed by atoms with van der Waals surface area (Å²) < 4.78 is 11.4. The fourth-order valence-corrected chi connectivity index (χ4v) is 3.28. The maximum atomic E-state index is 5.98. The third-order valence-corrected chi connectivity index (χ3v) is 4.97. The number of nitrogens with zero attached hydrogens (tertiary/aromatic N) is 1. The zero-order valence-electron chi connectivity index (χ0n) is 15.6. The molecule has 2 aromatic rings. The number of aryl methyl sites for hydroxylation is 1. The zero-order chi connectivity index (χ0) is 17.8. The SMILES string of the molecule is CCN(C)CNc1cc2c(cc1C)C(c1cccc(OC)c1)CCO2. The van der Waals surface area contributed by atoms with Gasteiger partial charge in [-0.1, -0.05) is 19.1 Å². The van der Waals surface area contributed by atoms with E-state index in [0.29, 0.717) is 5.92 Å². The van der Waals surface area contributed by atoms with Crippen LogP contribution in [-0.4, -0.2) is 38.9 Å². The van der Waals surface area contributed by atoms with E-state index in [-0.39, 0.29) is 0 Å². The van der Waals surface area contributed by atoms with E-state index < -0.39 is 0 Å². The second-order valence-electron chi connectivity index (χ2n) is 6.68. The molecule has 0 bridgehead atoms. The van der Waals surface area contributed by atoms with Crippen LogP contribution in [0.25, 0.3) is 0 Å². The summed E-state index contributed by atoms with van der Waals surface area (Å²) in [5.74, 6) is 2.25. The number of nitrogens with one attached hydrogen (secondary N) is 1. The van der Waals surface area contributed by atoms with Crippen molar-refractivity contribution < 1.29 is 9.47 Å². The Labute approximate surface area is 150 Å². The third-order valence-electron chi connectivity index (χ3n) is 4.97. The van der Waals surface area contributed by atoms with Crippen molar-refractivity contribution in [1.29, 1.82) is 0 Å². The van der Waals surface area contributed by atoms with Gasteiger partial charge >= 0.3 is 0 Å². The van der Waals surface area contributed by atoms with Gasteiger partial charge in [0.1, 0.15) is 11.5 Å². The molecule has 0 saturated heterocycles. The van der Waals surface area contributed by atoms with Crippen molar-refractivity contribution >= 4 is 5.69 Å². The van der Waals surface area contributed by atoms with Crippen molar-refractivity contribution in [3.05, 3.63) is 53.1 Å². The van der Waals surface area contributed by atoms with Crippen LogP contribution in [0.1, 0.15) is 36.0 Å². The highest BCUT2D eigenvalue weighted by molar-refractivity contribution is 5.60. The normalized spacial score (nSPS) is 16.3. The topological polar surface area (TPSA) is 33.7 Å². The summed E-state index contributed by atoms with van der Waals surface area (Å²) in [6.07, 6.45) is 0.991. The smallest absolute Gasteiger partial charge is 0.125 e. The van der Waals surface area contributed by atoms with E-state index >= 15 is 0 Å². The van der Waals surface area contributed by atoms with Gasteiger partial charge in [-0.25, -0.2) is 0 Å². The predicted molar refractivity (Wildman–Crippen MR) is 103 cm³/mol. The lowest BCUT2D eigenvalue weighted by Crippen LogP contribution is -2.25. The Morgan fingerprint density at radius 3 is 2.88 bits per heavy atom. The largest absolute Gasteiger partial charge is 0.497 e. The number of anilines is 1. The molecule has 4 nitrogen and oxygen atoms in total. The minimum absolute atomic E-state index is 0.352. The summed E-state index contributed by atoms with van der Waals surface area (Å²) in [6.45, 7) is 6.90. The molecule has 25 heavy (non-hydrogen) atoms. The molecule has 1 N–H and O–H groups in total. The maximum absolute atomic E-state index is 5.98. The lowest BCUT2D eigenvalue weighted by atomic mass is 9.85. The van der Waals surface area contributed by atoms with Gasteiger partial charge in [0.15, 0.2) is 0 Å². The molecule has 2 aromatic carbocycles. The molecule has 0 saturated carbocycles. The molecule has 3 rings (SSSR count). The van der Waals surface area contributed by atoms with Crippen LogP contribution >= 0.6 is 0 Å². The number of hydrogen-bond donors (Lipinski definition) is 1. The Hall–Kier alpha value is -2.20. The van der Waals surface area contributed by atoms with Gasteiger partial charge in [0.25, 0.3) is 0 Å². The van der Waals surface area contributed by atoms with Crippen LogP contribution in [0.2, 0.25) is 0 Å². The fourth-order valence-electron chi connectivity index (χ4n) is 3.28. The Morgan fingerprint density at radius 2 is 2.12 bits per heavy atom.